The largest absolute Gasteiger partial charge is 0.394 e. The van der Waals surface area contributed by atoms with E-state index in [1.165, 1.54) is 6.92 Å². The minimum atomic E-state index is -3.46. The Morgan fingerprint density at radius 3 is 2.67 bits per heavy atom. The van der Waals surface area contributed by atoms with E-state index in [1.807, 2.05) is 31.2 Å². The maximum absolute atomic E-state index is 16.1. The molecule has 0 unspecified atom stereocenters. The van der Waals surface area contributed by atoms with E-state index in [0.717, 1.165) is 22.9 Å². The molecule has 0 aromatic heterocycles. The summed E-state index contributed by atoms with van der Waals surface area (Å²) in [5.41, 5.74) is 0.387. The van der Waals surface area contributed by atoms with Gasteiger partial charge in [0, 0.05) is 33.7 Å². The molecule has 3 N–H and O–H groups in total. The van der Waals surface area contributed by atoms with E-state index in [4.69, 9.17) is 4.74 Å². The molecular weight excluding hydrogens is 637 g/mol. The van der Waals surface area contributed by atoms with E-state index in [9.17, 15) is 24.6 Å². The van der Waals surface area contributed by atoms with Gasteiger partial charge in [-0.05, 0) is 68.8 Å². The Bertz CT molecular complexity index is 1420. The van der Waals surface area contributed by atoms with Crippen molar-refractivity contribution in [1.82, 2.24) is 4.90 Å². The third kappa shape index (κ3) is 5.79. The Labute approximate surface area is 260 Å². The molecule has 3 heterocycles. The molecule has 3 aliphatic heterocycles. The summed E-state index contributed by atoms with van der Waals surface area (Å²) in [7, 11) is -3.46. The Kier molecular flexibility index (Phi) is 8.89. The van der Waals surface area contributed by atoms with Crippen LogP contribution in [0.5, 0.6) is 0 Å². The van der Waals surface area contributed by atoms with E-state index < -0.39 is 43.6 Å². The number of rotatable bonds is 8. The van der Waals surface area contributed by atoms with Crippen molar-refractivity contribution in [1.29, 1.82) is 0 Å². The molecule has 2 aromatic rings. The summed E-state index contributed by atoms with van der Waals surface area (Å²) in [5.74, 6) is -1.60. The number of anilines is 2. The smallest absolute Gasteiger partial charge is 0.264 e. The van der Waals surface area contributed by atoms with Gasteiger partial charge in [-0.2, -0.15) is 0 Å². The molecule has 0 bridgehead atoms. The van der Waals surface area contributed by atoms with Crippen LogP contribution in [0.2, 0.25) is 18.6 Å². The number of ether oxygens (including phenoxy) is 1. The van der Waals surface area contributed by atoms with Gasteiger partial charge in [0.1, 0.15) is 6.10 Å². The third-order valence-electron chi connectivity index (χ3n) is 9.12. The number of hydrogen-bond acceptors (Lipinski definition) is 6. The molecule has 2 saturated heterocycles. The van der Waals surface area contributed by atoms with E-state index in [-0.39, 0.29) is 37.4 Å². The number of aliphatic hydroxyl groups excluding tert-OH is 2. The van der Waals surface area contributed by atoms with Crippen molar-refractivity contribution in [2.45, 2.75) is 82.1 Å². The van der Waals surface area contributed by atoms with Gasteiger partial charge in [-0.25, -0.2) is 0 Å². The highest BCUT2D eigenvalue weighted by Crippen LogP contribution is 2.60. The van der Waals surface area contributed by atoms with Crippen molar-refractivity contribution in [3.8, 4) is 0 Å². The van der Waals surface area contributed by atoms with Crippen molar-refractivity contribution >= 4 is 53.4 Å². The van der Waals surface area contributed by atoms with Crippen LogP contribution in [0.1, 0.15) is 44.2 Å². The predicted molar refractivity (Wildman–Crippen MR) is 167 cm³/mol. The predicted octanol–water partition coefficient (Wildman–Crippen LogP) is 4.46. The number of hydrogen-bond donors (Lipinski definition) is 3. The number of amides is 3. The van der Waals surface area contributed by atoms with Crippen LogP contribution in [-0.2, 0) is 31.3 Å². The average molecular weight is 677 g/mol. The van der Waals surface area contributed by atoms with Crippen molar-refractivity contribution in [2.75, 3.05) is 23.4 Å². The highest BCUT2D eigenvalue weighted by molar-refractivity contribution is 9.10. The fourth-order valence-electron chi connectivity index (χ4n) is 7.20. The molecule has 5 rings (SSSR count). The van der Waals surface area contributed by atoms with Crippen LogP contribution in [0.4, 0.5) is 15.5 Å². The second kappa shape index (κ2) is 12.0. The number of halogens is 2. The summed E-state index contributed by atoms with van der Waals surface area (Å²) in [6.45, 7) is 7.03. The van der Waals surface area contributed by atoms with E-state index >= 15 is 4.11 Å². The highest BCUT2D eigenvalue weighted by atomic mass is 79.9. The second-order valence-electron chi connectivity index (χ2n) is 12.5. The van der Waals surface area contributed by atoms with Gasteiger partial charge in [0.15, 0.2) is 5.60 Å². The normalized spacial score (nSPS) is 27.6. The zero-order valence-corrected chi connectivity index (χ0v) is 27.4. The minimum Gasteiger partial charge on any atom is -0.394 e. The molecule has 2 fully saturated rings. The topological polar surface area (TPSA) is 119 Å². The molecule has 0 aliphatic carbocycles. The van der Waals surface area contributed by atoms with Gasteiger partial charge in [0.25, 0.3) is 11.8 Å². The quantitative estimate of drug-likeness (QED) is 0.281. The van der Waals surface area contributed by atoms with E-state index in [0.29, 0.717) is 23.5 Å². The number of benzene rings is 2. The lowest BCUT2D eigenvalue weighted by Crippen LogP contribution is -2.45. The first-order valence-electron chi connectivity index (χ1n) is 14.7. The maximum atomic E-state index is 16.1. The number of nitrogens with one attached hydrogen (secondary N) is 1. The number of aliphatic hydroxyl groups is 2. The van der Waals surface area contributed by atoms with Crippen molar-refractivity contribution < 1.29 is 33.4 Å². The van der Waals surface area contributed by atoms with Gasteiger partial charge in [0.05, 0.1) is 37.4 Å². The first-order chi connectivity index (χ1) is 20.3. The Balaban J connectivity index is 1.50. The summed E-state index contributed by atoms with van der Waals surface area (Å²) in [4.78, 5) is 43.4. The average Bonchev–Trinajstić information content (AvgIpc) is 3.59. The second-order valence-corrected chi connectivity index (χ2v) is 17.2. The maximum Gasteiger partial charge on any atom is 0.264 e. The Morgan fingerprint density at radius 2 is 2.00 bits per heavy atom. The lowest BCUT2D eigenvalue weighted by atomic mass is 9.82. The zero-order valence-electron chi connectivity index (χ0n) is 24.8. The zero-order chi connectivity index (χ0) is 31.3. The number of fused-ring (bicyclic) bond motifs is 2. The van der Waals surface area contributed by atoms with Crippen LogP contribution < -0.4 is 10.2 Å². The van der Waals surface area contributed by atoms with Crippen LogP contribution in [-0.4, -0.2) is 72.6 Å². The van der Waals surface area contributed by atoms with E-state index in [2.05, 4.69) is 21.2 Å². The summed E-state index contributed by atoms with van der Waals surface area (Å²) in [5, 5.41) is 22.0. The fraction of sp³-hybridized carbons (Fsp3) is 0.516. The molecular formula is C31H39BrFN3O6Si. The molecule has 2 aromatic carbocycles. The molecule has 9 nitrogen and oxygen atoms in total. The number of likely N-dealkylation sites (tertiary alicyclic amines) is 1. The summed E-state index contributed by atoms with van der Waals surface area (Å²) >= 11 is 3.54. The van der Waals surface area contributed by atoms with Crippen LogP contribution in [0.15, 0.2) is 46.9 Å². The molecule has 6 atom stereocenters. The van der Waals surface area contributed by atoms with E-state index in [1.54, 1.807) is 41.1 Å². The van der Waals surface area contributed by atoms with Gasteiger partial charge in [-0.1, -0.05) is 35.0 Å². The van der Waals surface area contributed by atoms with Crippen LogP contribution in [0.25, 0.3) is 0 Å². The standard InChI is InChI=1S/C31H39BrFN3O6Si/c1-18-28(43(3,4)33)26(15-27(39)35-12-6-9-23(35)17-37)42-31(18)24-14-21(32)10-11-25(24)36(30(31)41)16-20-7-5-8-22(13-20)34-29(40)19(2)38/h5,7-8,10-11,13-14,18-19,23,26,28,37-38H,6,9,12,15-17H2,1-4H3,(H,34,40)/t18-,19-,23-,26+,28-,31+/m0/s1. The van der Waals surface area contributed by atoms with Gasteiger partial charge in [-0.3, -0.25) is 14.4 Å². The Morgan fingerprint density at radius 1 is 1.26 bits per heavy atom. The fourth-order valence-corrected chi connectivity index (χ4v) is 10.1. The number of carbonyl (C=O) groups is 3. The molecule has 3 amide bonds. The van der Waals surface area contributed by atoms with Crippen molar-refractivity contribution in [3.63, 3.8) is 0 Å². The lowest BCUT2D eigenvalue weighted by Gasteiger charge is -2.31. The SMILES string of the molecule is C[C@H](O)C(=O)Nc1cccc(CN2C(=O)[C@]3(O[C@H](CC(=O)N4CCC[C@H]4CO)[C@@H]([Si](C)(C)F)[C@@H]3C)c3cc(Br)ccc32)c1. The molecule has 1 spiro atoms. The highest BCUT2D eigenvalue weighted by Gasteiger charge is 2.67. The van der Waals surface area contributed by atoms with Crippen LogP contribution in [0.3, 0.4) is 0 Å². The molecule has 0 radical (unpaired) electrons. The minimum absolute atomic E-state index is 0.0603. The monoisotopic (exact) mass is 675 g/mol. The molecule has 43 heavy (non-hydrogen) atoms. The lowest BCUT2D eigenvalue weighted by molar-refractivity contribution is -0.150. The first-order valence-corrected chi connectivity index (χ1v) is 18.5. The summed E-state index contributed by atoms with van der Waals surface area (Å²) < 4.78 is 23.6. The molecule has 12 heteroatoms. The number of nitrogens with zero attached hydrogens (tertiary/aromatic N) is 2. The van der Waals surface area contributed by atoms with Crippen molar-refractivity contribution in [2.24, 2.45) is 5.92 Å². The third-order valence-corrected chi connectivity index (χ3v) is 12.1. The van der Waals surface area contributed by atoms with Gasteiger partial charge < -0.3 is 34.2 Å². The van der Waals surface area contributed by atoms with Gasteiger partial charge >= 0.3 is 0 Å². The van der Waals surface area contributed by atoms with Crippen molar-refractivity contribution in [3.05, 3.63) is 58.1 Å². The Hall–Kier alpha value is -2.64. The van der Waals surface area contributed by atoms with Gasteiger partial charge in [0.2, 0.25) is 14.3 Å². The van der Waals surface area contributed by atoms with Gasteiger partial charge in [-0.15, -0.1) is 0 Å². The number of carbonyl (C=O) groups excluding carboxylic acids is 3. The summed E-state index contributed by atoms with van der Waals surface area (Å²) in [6.07, 6.45) is -0.515. The van der Waals surface area contributed by atoms with Crippen LogP contribution >= 0.6 is 15.9 Å². The molecule has 0 saturated carbocycles. The molecule has 232 valence electrons. The molecule has 3 aliphatic rings. The summed E-state index contributed by atoms with van der Waals surface area (Å²) in [6, 6.07) is 12.3. The van der Waals surface area contributed by atoms with Crippen LogP contribution in [0, 0.1) is 5.92 Å². The first kappa shape index (κ1) is 31.8.